The lowest BCUT2D eigenvalue weighted by molar-refractivity contribution is 0.263. The van der Waals surface area contributed by atoms with E-state index >= 15 is 0 Å². The van der Waals surface area contributed by atoms with Crippen molar-refractivity contribution in [3.63, 3.8) is 0 Å². The minimum Gasteiger partial charge on any atom is -0.243 e. The summed E-state index contributed by atoms with van der Waals surface area (Å²) in [7, 11) is -2.06. The highest BCUT2D eigenvalue weighted by Crippen LogP contribution is 2.22. The summed E-state index contributed by atoms with van der Waals surface area (Å²) in [6.07, 6.45) is 1.46. The van der Waals surface area contributed by atoms with E-state index in [0.717, 1.165) is 0 Å². The first-order valence-corrected chi connectivity index (χ1v) is 7.75. The van der Waals surface area contributed by atoms with Crippen molar-refractivity contribution in [1.82, 2.24) is 14.1 Å². The Hall–Kier alpha value is -0.690. The van der Waals surface area contributed by atoms with Crippen LogP contribution in [-0.2, 0) is 10.0 Å². The number of halogens is 1. The van der Waals surface area contributed by atoms with E-state index in [9.17, 15) is 8.42 Å². The van der Waals surface area contributed by atoms with Gasteiger partial charge < -0.3 is 0 Å². The zero-order chi connectivity index (χ0) is 14.7. The van der Waals surface area contributed by atoms with Crippen LogP contribution in [0.25, 0.3) is 0 Å². The molecule has 5 nitrogen and oxygen atoms in total. The lowest BCUT2D eigenvalue weighted by Gasteiger charge is -2.32. The molecule has 0 bridgehead atoms. The fraction of sp³-hybridized carbons (Fsp3) is 0.583. The van der Waals surface area contributed by atoms with Gasteiger partial charge in [0.2, 0.25) is 0 Å². The molecule has 1 atom stereocenters. The normalized spacial score (nSPS) is 14.6. The second-order valence-corrected chi connectivity index (χ2v) is 7.69. The molecule has 1 rings (SSSR count). The Morgan fingerprint density at radius 1 is 1.42 bits per heavy atom. The summed E-state index contributed by atoms with van der Waals surface area (Å²) in [5.74, 6) is 0. The molecule has 1 N–H and O–H groups in total. The van der Waals surface area contributed by atoms with E-state index in [1.54, 1.807) is 12.1 Å². The Kier molecular flexibility index (Phi) is 5.32. The van der Waals surface area contributed by atoms with Crippen LogP contribution in [0.3, 0.4) is 0 Å². The molecule has 19 heavy (non-hydrogen) atoms. The highest BCUT2D eigenvalue weighted by molar-refractivity contribution is 7.89. The van der Waals surface area contributed by atoms with Crippen molar-refractivity contribution in [3.05, 3.63) is 24.4 Å². The third kappa shape index (κ3) is 4.14. The van der Waals surface area contributed by atoms with Crippen molar-refractivity contribution in [2.45, 2.75) is 31.8 Å². The van der Waals surface area contributed by atoms with E-state index in [-0.39, 0.29) is 23.0 Å². The maximum Gasteiger partial charge on any atom is 0.260 e. The van der Waals surface area contributed by atoms with Gasteiger partial charge in [0.05, 0.1) is 0 Å². The number of nitrogens with zero attached hydrogens (tertiary/aromatic N) is 2. The largest absolute Gasteiger partial charge is 0.260 e. The standard InChI is InChI=1S/C12H20ClN3O2S/c1-12(2,3)10(15-13)9-16(4)19(17,18)11-7-5-6-8-14-11/h5-8,10,15H,9H2,1-4H3/t10-/m1/s1. The molecule has 108 valence electrons. The molecule has 0 fully saturated rings. The van der Waals surface area contributed by atoms with Crippen molar-refractivity contribution in [3.8, 4) is 0 Å². The van der Waals surface area contributed by atoms with Crippen LogP contribution in [0, 0.1) is 5.41 Å². The molecule has 0 saturated heterocycles. The van der Waals surface area contributed by atoms with E-state index in [2.05, 4.69) is 9.82 Å². The Morgan fingerprint density at radius 2 is 2.05 bits per heavy atom. The molecule has 0 aliphatic rings. The van der Waals surface area contributed by atoms with Gasteiger partial charge in [0.1, 0.15) is 0 Å². The smallest absolute Gasteiger partial charge is 0.243 e. The van der Waals surface area contributed by atoms with Gasteiger partial charge >= 0.3 is 0 Å². The Labute approximate surface area is 120 Å². The molecule has 0 radical (unpaired) electrons. The summed E-state index contributed by atoms with van der Waals surface area (Å²) in [4.78, 5) is 6.53. The molecule has 0 amide bonds. The molecule has 1 aromatic heterocycles. The number of likely N-dealkylation sites (N-methyl/N-ethyl adjacent to an activating group) is 1. The van der Waals surface area contributed by atoms with Gasteiger partial charge in [-0.05, 0) is 29.3 Å². The van der Waals surface area contributed by atoms with Gasteiger partial charge in [-0.1, -0.05) is 26.8 Å². The average Bonchev–Trinajstić information content (AvgIpc) is 2.35. The van der Waals surface area contributed by atoms with Crippen LogP contribution in [0.2, 0.25) is 0 Å². The topological polar surface area (TPSA) is 62.3 Å². The summed E-state index contributed by atoms with van der Waals surface area (Å²) in [6.45, 7) is 6.25. The summed E-state index contributed by atoms with van der Waals surface area (Å²) >= 11 is 5.71. The zero-order valence-corrected chi connectivity index (χ0v) is 13.2. The van der Waals surface area contributed by atoms with Crippen molar-refractivity contribution >= 4 is 21.8 Å². The molecule has 7 heteroatoms. The Balaban J connectivity index is 2.92. The van der Waals surface area contributed by atoms with Gasteiger partial charge in [-0.2, -0.15) is 4.31 Å². The van der Waals surface area contributed by atoms with Crippen LogP contribution >= 0.6 is 11.8 Å². The number of sulfonamides is 1. The third-order valence-corrected chi connectivity index (χ3v) is 4.93. The molecule has 1 aromatic rings. The predicted molar refractivity (Wildman–Crippen MR) is 76.3 cm³/mol. The first kappa shape index (κ1) is 16.4. The number of pyridine rings is 1. The molecular weight excluding hydrogens is 286 g/mol. The van der Waals surface area contributed by atoms with Crippen LogP contribution in [-0.4, -0.2) is 37.3 Å². The van der Waals surface area contributed by atoms with Crippen LogP contribution in [0.1, 0.15) is 20.8 Å². The number of hydrogen-bond donors (Lipinski definition) is 1. The van der Waals surface area contributed by atoms with Gasteiger partial charge in [0.25, 0.3) is 10.0 Å². The molecule has 0 aliphatic carbocycles. The quantitative estimate of drug-likeness (QED) is 0.844. The summed E-state index contributed by atoms with van der Waals surface area (Å²) in [5.41, 5.74) is -0.157. The molecular formula is C12H20ClN3O2S. The van der Waals surface area contributed by atoms with Gasteiger partial charge in [0, 0.05) is 25.8 Å². The highest BCUT2D eigenvalue weighted by atomic mass is 35.5. The molecule has 0 spiro atoms. The minimum absolute atomic E-state index is 0.0414. The van der Waals surface area contributed by atoms with Crippen LogP contribution in [0.15, 0.2) is 29.4 Å². The first-order chi connectivity index (χ1) is 8.69. The van der Waals surface area contributed by atoms with Gasteiger partial charge in [-0.3, -0.25) is 0 Å². The van der Waals surface area contributed by atoms with Crippen molar-refractivity contribution in [2.24, 2.45) is 5.41 Å². The fourth-order valence-electron chi connectivity index (χ4n) is 1.49. The Bertz CT molecular complexity index is 499. The van der Waals surface area contributed by atoms with Crippen molar-refractivity contribution < 1.29 is 8.42 Å². The van der Waals surface area contributed by atoms with E-state index < -0.39 is 10.0 Å². The summed E-state index contributed by atoms with van der Waals surface area (Å²) < 4.78 is 25.9. The molecule has 0 unspecified atom stereocenters. The van der Waals surface area contributed by atoms with E-state index in [4.69, 9.17) is 11.8 Å². The SMILES string of the molecule is CN(C[C@@H](NCl)C(C)(C)C)S(=O)(=O)c1ccccn1. The monoisotopic (exact) mass is 305 g/mol. The maximum absolute atomic E-state index is 12.3. The van der Waals surface area contributed by atoms with Crippen LogP contribution < -0.4 is 4.84 Å². The van der Waals surface area contributed by atoms with E-state index in [0.29, 0.717) is 0 Å². The lowest BCUT2D eigenvalue weighted by Crippen LogP contribution is -2.46. The van der Waals surface area contributed by atoms with Gasteiger partial charge in [-0.15, -0.1) is 0 Å². The third-order valence-electron chi connectivity index (χ3n) is 2.93. The number of aromatic nitrogens is 1. The molecule has 1 heterocycles. The van der Waals surface area contributed by atoms with Crippen LogP contribution in [0.4, 0.5) is 0 Å². The van der Waals surface area contributed by atoms with E-state index in [1.165, 1.54) is 23.6 Å². The number of rotatable bonds is 5. The second-order valence-electron chi connectivity index (χ2n) is 5.48. The average molecular weight is 306 g/mol. The molecule has 0 saturated carbocycles. The molecule has 0 aromatic carbocycles. The Morgan fingerprint density at radius 3 is 2.47 bits per heavy atom. The molecule has 0 aliphatic heterocycles. The van der Waals surface area contributed by atoms with Gasteiger partial charge in [0.15, 0.2) is 5.03 Å². The lowest BCUT2D eigenvalue weighted by atomic mass is 9.87. The number of hydrogen-bond acceptors (Lipinski definition) is 4. The van der Waals surface area contributed by atoms with Crippen molar-refractivity contribution in [2.75, 3.05) is 13.6 Å². The van der Waals surface area contributed by atoms with E-state index in [1.807, 2.05) is 20.8 Å². The minimum atomic E-state index is -3.58. The number of nitrogens with one attached hydrogen (secondary N) is 1. The van der Waals surface area contributed by atoms with Crippen molar-refractivity contribution in [1.29, 1.82) is 0 Å². The second kappa shape index (κ2) is 6.17. The van der Waals surface area contributed by atoms with Gasteiger partial charge in [-0.25, -0.2) is 18.2 Å². The summed E-state index contributed by atoms with van der Waals surface area (Å²) in [6, 6.07) is 4.63. The summed E-state index contributed by atoms with van der Waals surface area (Å²) in [5, 5.41) is 0.0414. The fourth-order valence-corrected chi connectivity index (χ4v) is 2.99. The first-order valence-electron chi connectivity index (χ1n) is 5.93. The van der Waals surface area contributed by atoms with Crippen LogP contribution in [0.5, 0.6) is 0 Å². The maximum atomic E-state index is 12.3. The highest BCUT2D eigenvalue weighted by Gasteiger charge is 2.30. The zero-order valence-electron chi connectivity index (χ0n) is 11.6. The predicted octanol–water partition coefficient (Wildman–Crippen LogP) is 1.86.